The Morgan fingerprint density at radius 3 is 2.57 bits per heavy atom. The lowest BCUT2D eigenvalue weighted by Crippen LogP contribution is -2.19. The number of nitrogens with zero attached hydrogens (tertiary/aromatic N) is 3. The molecule has 0 saturated carbocycles. The molecule has 0 saturated heterocycles. The fourth-order valence-electron chi connectivity index (χ4n) is 1.82. The number of aromatic amines is 2. The third kappa shape index (κ3) is 2.74. The first-order chi connectivity index (χ1) is 10.9. The van der Waals surface area contributed by atoms with Gasteiger partial charge in [-0.2, -0.15) is 4.98 Å². The van der Waals surface area contributed by atoms with E-state index in [1.165, 1.54) is 6.33 Å². The van der Waals surface area contributed by atoms with Crippen molar-refractivity contribution in [2.24, 2.45) is 0 Å². The Bertz CT molecular complexity index is 1050. The van der Waals surface area contributed by atoms with Gasteiger partial charge in [-0.25, -0.2) is 18.1 Å². The second kappa shape index (κ2) is 5.17. The summed E-state index contributed by atoms with van der Waals surface area (Å²) in [4.78, 5) is 33.9. The molecule has 118 valence electrons. The van der Waals surface area contributed by atoms with Gasteiger partial charge in [0.05, 0.1) is 16.1 Å². The number of non-ortho nitro benzene ring substituents is 1. The van der Waals surface area contributed by atoms with Crippen molar-refractivity contribution in [3.8, 4) is 0 Å². The predicted octanol–water partition coefficient (Wildman–Crippen LogP) is 0.355. The van der Waals surface area contributed by atoms with Crippen molar-refractivity contribution in [2.45, 2.75) is 4.90 Å². The number of hydrogen-bond donors (Lipinski definition) is 3. The minimum atomic E-state index is -4.07. The van der Waals surface area contributed by atoms with Crippen LogP contribution in [-0.4, -0.2) is 33.3 Å². The Labute approximate surface area is 127 Å². The van der Waals surface area contributed by atoms with Crippen LogP contribution < -0.4 is 10.3 Å². The zero-order chi connectivity index (χ0) is 16.6. The SMILES string of the molecule is O=c1[nH]c(NS(=O)(=O)c2ccc([N+](=O)[O-])cc2)nc2nc[nH]c12. The van der Waals surface area contributed by atoms with Crippen LogP contribution in [0.4, 0.5) is 11.6 Å². The van der Waals surface area contributed by atoms with Crippen LogP contribution in [0.3, 0.4) is 0 Å². The lowest BCUT2D eigenvalue weighted by Gasteiger charge is -2.06. The van der Waals surface area contributed by atoms with Gasteiger partial charge in [-0.1, -0.05) is 0 Å². The van der Waals surface area contributed by atoms with E-state index in [-0.39, 0.29) is 27.7 Å². The maximum Gasteiger partial charge on any atom is 0.278 e. The number of fused-ring (bicyclic) bond motifs is 1. The number of benzene rings is 1. The van der Waals surface area contributed by atoms with Crippen LogP contribution in [0, 0.1) is 10.1 Å². The summed E-state index contributed by atoms with van der Waals surface area (Å²) in [5, 5.41) is 10.6. The van der Waals surface area contributed by atoms with Gasteiger partial charge in [-0.15, -0.1) is 0 Å². The van der Waals surface area contributed by atoms with Crippen molar-refractivity contribution in [3.63, 3.8) is 0 Å². The summed E-state index contributed by atoms with van der Waals surface area (Å²) in [7, 11) is -4.07. The molecule has 11 nitrogen and oxygen atoms in total. The van der Waals surface area contributed by atoms with Gasteiger partial charge in [-0.05, 0) is 12.1 Å². The number of nitro groups is 1. The third-order valence-electron chi connectivity index (χ3n) is 2.88. The van der Waals surface area contributed by atoms with Gasteiger partial charge in [0.15, 0.2) is 11.2 Å². The Morgan fingerprint density at radius 1 is 1.22 bits per heavy atom. The normalized spacial score (nSPS) is 11.5. The largest absolute Gasteiger partial charge is 0.339 e. The van der Waals surface area contributed by atoms with Crippen molar-refractivity contribution < 1.29 is 13.3 Å². The zero-order valence-corrected chi connectivity index (χ0v) is 12.0. The second-order valence-electron chi connectivity index (χ2n) is 4.37. The van der Waals surface area contributed by atoms with E-state index in [1.54, 1.807) is 0 Å². The predicted molar refractivity (Wildman–Crippen MR) is 78.4 cm³/mol. The average Bonchev–Trinajstić information content (AvgIpc) is 2.96. The zero-order valence-electron chi connectivity index (χ0n) is 11.2. The van der Waals surface area contributed by atoms with Crippen molar-refractivity contribution in [3.05, 3.63) is 51.1 Å². The summed E-state index contributed by atoms with van der Waals surface area (Å²) in [6.07, 6.45) is 1.25. The number of nitro benzene ring substituents is 1. The first-order valence-electron chi connectivity index (χ1n) is 6.07. The van der Waals surface area contributed by atoms with Crippen LogP contribution in [0.15, 0.2) is 40.3 Å². The van der Waals surface area contributed by atoms with E-state index >= 15 is 0 Å². The second-order valence-corrected chi connectivity index (χ2v) is 6.05. The lowest BCUT2D eigenvalue weighted by atomic mass is 10.3. The Morgan fingerprint density at radius 2 is 1.91 bits per heavy atom. The number of hydrogen-bond acceptors (Lipinski definition) is 7. The summed E-state index contributed by atoms with van der Waals surface area (Å²) in [6, 6.07) is 4.26. The highest BCUT2D eigenvalue weighted by molar-refractivity contribution is 7.92. The molecule has 0 unspecified atom stereocenters. The molecule has 2 aromatic heterocycles. The van der Waals surface area contributed by atoms with Gasteiger partial charge in [0.1, 0.15) is 0 Å². The van der Waals surface area contributed by atoms with Crippen molar-refractivity contribution in [2.75, 3.05) is 4.72 Å². The van der Waals surface area contributed by atoms with E-state index in [0.717, 1.165) is 24.3 Å². The van der Waals surface area contributed by atoms with Crippen molar-refractivity contribution in [1.29, 1.82) is 0 Å². The Hall–Kier alpha value is -3.28. The van der Waals surface area contributed by atoms with E-state index in [0.29, 0.717) is 0 Å². The highest BCUT2D eigenvalue weighted by Crippen LogP contribution is 2.17. The summed E-state index contributed by atoms with van der Waals surface area (Å²) >= 11 is 0. The van der Waals surface area contributed by atoms with E-state index in [9.17, 15) is 23.3 Å². The minimum absolute atomic E-state index is 0.0511. The van der Waals surface area contributed by atoms with E-state index < -0.39 is 20.5 Å². The van der Waals surface area contributed by atoms with Crippen LogP contribution in [0.5, 0.6) is 0 Å². The molecule has 3 aromatic rings. The fraction of sp³-hybridized carbons (Fsp3) is 0. The summed E-state index contributed by atoms with van der Waals surface area (Å²) < 4.78 is 26.5. The van der Waals surface area contributed by atoms with Crippen LogP contribution in [0.25, 0.3) is 11.2 Å². The smallest absolute Gasteiger partial charge is 0.278 e. The molecule has 0 atom stereocenters. The van der Waals surface area contributed by atoms with Gasteiger partial charge < -0.3 is 4.98 Å². The minimum Gasteiger partial charge on any atom is -0.339 e. The summed E-state index contributed by atoms with van der Waals surface area (Å²) in [6.45, 7) is 0. The Balaban J connectivity index is 1.96. The molecule has 3 rings (SSSR count). The van der Waals surface area contributed by atoms with Crippen LogP contribution in [-0.2, 0) is 10.0 Å². The highest BCUT2D eigenvalue weighted by atomic mass is 32.2. The van der Waals surface area contributed by atoms with Crippen LogP contribution in [0.2, 0.25) is 0 Å². The molecular weight excluding hydrogens is 328 g/mol. The topological polar surface area (TPSA) is 164 Å². The molecule has 0 radical (unpaired) electrons. The number of imidazole rings is 1. The number of aromatic nitrogens is 4. The molecule has 0 fully saturated rings. The standard InChI is InChI=1S/C11H8N6O5S/c18-10-8-9(13-5-12-8)14-11(15-10)16-23(21,22)7-3-1-6(2-4-7)17(19)20/h1-5H,(H3,12,13,14,15,16,18). The molecule has 0 bridgehead atoms. The number of H-pyrrole nitrogens is 2. The molecule has 0 amide bonds. The van der Waals surface area contributed by atoms with Crippen molar-refractivity contribution >= 4 is 32.8 Å². The molecule has 23 heavy (non-hydrogen) atoms. The molecule has 12 heteroatoms. The molecule has 2 heterocycles. The fourth-order valence-corrected chi connectivity index (χ4v) is 2.79. The first-order valence-corrected chi connectivity index (χ1v) is 7.56. The summed E-state index contributed by atoms with van der Waals surface area (Å²) in [5.74, 6) is -0.312. The van der Waals surface area contributed by atoms with E-state index in [4.69, 9.17) is 0 Å². The van der Waals surface area contributed by atoms with Gasteiger partial charge in [0.2, 0.25) is 5.95 Å². The van der Waals surface area contributed by atoms with Gasteiger partial charge >= 0.3 is 0 Å². The van der Waals surface area contributed by atoms with Gasteiger partial charge in [0, 0.05) is 12.1 Å². The van der Waals surface area contributed by atoms with Gasteiger partial charge in [-0.3, -0.25) is 19.9 Å². The van der Waals surface area contributed by atoms with E-state index in [2.05, 4.69) is 24.7 Å². The Kier molecular flexibility index (Phi) is 3.29. The first kappa shape index (κ1) is 14.6. The maximum atomic E-state index is 12.2. The molecule has 1 aromatic carbocycles. The van der Waals surface area contributed by atoms with Crippen LogP contribution >= 0.6 is 0 Å². The molecule has 0 aliphatic carbocycles. The van der Waals surface area contributed by atoms with Crippen molar-refractivity contribution in [1.82, 2.24) is 19.9 Å². The molecule has 0 spiro atoms. The average molecular weight is 336 g/mol. The molecule has 0 aliphatic rings. The molecular formula is C11H8N6O5S. The highest BCUT2D eigenvalue weighted by Gasteiger charge is 2.18. The monoisotopic (exact) mass is 336 g/mol. The van der Waals surface area contributed by atoms with Gasteiger partial charge in [0.25, 0.3) is 21.3 Å². The molecule has 3 N–H and O–H groups in total. The van der Waals surface area contributed by atoms with E-state index in [1.807, 2.05) is 0 Å². The third-order valence-corrected chi connectivity index (χ3v) is 4.24. The number of sulfonamides is 1. The number of anilines is 1. The molecule has 0 aliphatic heterocycles. The number of rotatable bonds is 4. The quantitative estimate of drug-likeness (QED) is 0.457. The number of nitrogens with one attached hydrogen (secondary N) is 3. The lowest BCUT2D eigenvalue weighted by molar-refractivity contribution is -0.384. The summed E-state index contributed by atoms with van der Waals surface area (Å²) in [5.41, 5.74) is -0.666. The van der Waals surface area contributed by atoms with Crippen LogP contribution in [0.1, 0.15) is 0 Å². The maximum absolute atomic E-state index is 12.2.